The highest BCUT2D eigenvalue weighted by molar-refractivity contribution is 5.88. The van der Waals surface area contributed by atoms with E-state index >= 15 is 0 Å². The summed E-state index contributed by atoms with van der Waals surface area (Å²) >= 11 is 0. The lowest BCUT2D eigenvalue weighted by Crippen LogP contribution is -2.38. The maximum absolute atomic E-state index is 11.9. The molecule has 0 bridgehead atoms. The summed E-state index contributed by atoms with van der Waals surface area (Å²) in [4.78, 5) is 11.9. The lowest BCUT2D eigenvalue weighted by molar-refractivity contribution is -0.163. The van der Waals surface area contributed by atoms with Crippen LogP contribution in [-0.4, -0.2) is 41.6 Å². The molecule has 1 rings (SSSR count). The van der Waals surface area contributed by atoms with Crippen LogP contribution in [0.25, 0.3) is 0 Å². The van der Waals surface area contributed by atoms with Crippen molar-refractivity contribution in [3.05, 3.63) is 35.9 Å². The first-order valence-electron chi connectivity index (χ1n) is 8.89. The summed E-state index contributed by atoms with van der Waals surface area (Å²) in [7, 11) is 1.59. The van der Waals surface area contributed by atoms with Gasteiger partial charge in [0, 0.05) is 13.0 Å². The van der Waals surface area contributed by atoms with E-state index < -0.39 is 17.6 Å². The summed E-state index contributed by atoms with van der Waals surface area (Å²) in [5.41, 5.74) is 0.325. The molecule has 0 amide bonds. The summed E-state index contributed by atoms with van der Waals surface area (Å²) < 4.78 is 10.5. The quantitative estimate of drug-likeness (QED) is 0.346. The summed E-state index contributed by atoms with van der Waals surface area (Å²) in [5, 5.41) is 12.0. The summed E-state index contributed by atoms with van der Waals surface area (Å²) in [5.74, 6) is 5.10. The van der Waals surface area contributed by atoms with Gasteiger partial charge in [-0.05, 0) is 38.7 Å². The maximum atomic E-state index is 11.9. The van der Waals surface area contributed by atoms with Gasteiger partial charge >= 0.3 is 5.97 Å². The number of nitrogens with zero attached hydrogens (tertiary/aromatic N) is 1. The van der Waals surface area contributed by atoms with Gasteiger partial charge in [0.2, 0.25) is 0 Å². The van der Waals surface area contributed by atoms with Crippen molar-refractivity contribution < 1.29 is 19.5 Å². The molecule has 144 valence electrons. The largest absolute Gasteiger partial charge is 0.450 e. The maximum Gasteiger partial charge on any atom is 0.384 e. The Labute approximate surface area is 157 Å². The Morgan fingerprint density at radius 3 is 2.35 bits per heavy atom. The average Bonchev–Trinajstić information content (AvgIpc) is 2.54. The second-order valence-electron chi connectivity index (χ2n) is 7.68. The molecule has 1 N–H and O–H groups in total. The minimum atomic E-state index is -0.596. The highest BCUT2D eigenvalue weighted by Crippen LogP contribution is 2.24. The van der Waals surface area contributed by atoms with Crippen LogP contribution >= 0.6 is 0 Å². The van der Waals surface area contributed by atoms with Crippen molar-refractivity contribution in [2.45, 2.75) is 58.7 Å². The second kappa shape index (κ2) is 10.3. The Bertz CT molecular complexity index is 610. The zero-order valence-electron chi connectivity index (χ0n) is 16.7. The van der Waals surface area contributed by atoms with Crippen LogP contribution in [0.2, 0.25) is 0 Å². The zero-order valence-corrected chi connectivity index (χ0v) is 16.7. The highest BCUT2D eigenvalue weighted by Gasteiger charge is 2.26. The third-order valence-corrected chi connectivity index (χ3v) is 3.58. The smallest absolute Gasteiger partial charge is 0.384 e. The molecule has 0 saturated carbocycles. The Morgan fingerprint density at radius 2 is 1.85 bits per heavy atom. The van der Waals surface area contributed by atoms with E-state index in [0.717, 1.165) is 5.56 Å². The number of benzene rings is 1. The molecule has 2 atom stereocenters. The number of methoxy groups -OCH3 is 1. The minimum absolute atomic E-state index is 0.293. The Kier molecular flexibility index (Phi) is 8.80. The molecule has 1 aromatic rings. The number of ether oxygens (including phenoxy) is 2. The van der Waals surface area contributed by atoms with Crippen LogP contribution in [-0.2, 0) is 14.3 Å². The van der Waals surface area contributed by atoms with E-state index in [1.54, 1.807) is 27.9 Å². The van der Waals surface area contributed by atoms with Crippen molar-refractivity contribution in [3.8, 4) is 11.8 Å². The molecule has 0 aliphatic rings. The van der Waals surface area contributed by atoms with Crippen molar-refractivity contribution in [1.29, 1.82) is 0 Å². The number of hydrogen-bond donors (Lipinski definition) is 1. The normalized spacial score (nSPS) is 13.9. The van der Waals surface area contributed by atoms with Crippen molar-refractivity contribution in [2.24, 2.45) is 5.92 Å². The summed E-state index contributed by atoms with van der Waals surface area (Å²) in [6.07, 6.45) is 0.610. The number of hydroxylamine groups is 2. The first kappa shape index (κ1) is 22.2. The third-order valence-electron chi connectivity index (χ3n) is 3.58. The van der Waals surface area contributed by atoms with Crippen molar-refractivity contribution in [2.75, 3.05) is 13.7 Å². The molecule has 1 aromatic carbocycles. The van der Waals surface area contributed by atoms with E-state index in [0.29, 0.717) is 18.9 Å². The number of hydrogen-bond acceptors (Lipinski definition) is 5. The molecular weight excluding hydrogens is 330 g/mol. The predicted molar refractivity (Wildman–Crippen MR) is 102 cm³/mol. The minimum Gasteiger partial charge on any atom is -0.450 e. The molecule has 0 spiro atoms. The third kappa shape index (κ3) is 8.01. The highest BCUT2D eigenvalue weighted by atomic mass is 16.6. The summed E-state index contributed by atoms with van der Waals surface area (Å²) in [6.45, 7) is 9.78. The second-order valence-corrected chi connectivity index (χ2v) is 7.68. The van der Waals surface area contributed by atoms with Crippen LogP contribution in [0, 0.1) is 17.8 Å². The molecule has 26 heavy (non-hydrogen) atoms. The number of esters is 1. The Balaban J connectivity index is 3.04. The van der Waals surface area contributed by atoms with E-state index in [9.17, 15) is 10.0 Å². The fourth-order valence-corrected chi connectivity index (χ4v) is 2.50. The molecular formula is C21H31NO4. The van der Waals surface area contributed by atoms with Crippen LogP contribution in [0.15, 0.2) is 30.3 Å². The van der Waals surface area contributed by atoms with E-state index in [1.165, 1.54) is 5.06 Å². The molecule has 0 aliphatic carbocycles. The predicted octanol–water partition coefficient (Wildman–Crippen LogP) is 3.83. The molecule has 5 heteroatoms. The number of rotatable bonds is 7. The Hall–Kier alpha value is -1.87. The van der Waals surface area contributed by atoms with Crippen molar-refractivity contribution in [1.82, 2.24) is 5.06 Å². The van der Waals surface area contributed by atoms with Crippen LogP contribution in [0.4, 0.5) is 0 Å². The molecule has 0 aliphatic heterocycles. The van der Waals surface area contributed by atoms with E-state index in [4.69, 9.17) is 9.47 Å². The van der Waals surface area contributed by atoms with Gasteiger partial charge < -0.3 is 14.7 Å². The molecule has 5 nitrogen and oxygen atoms in total. The molecule has 0 unspecified atom stereocenters. The topological polar surface area (TPSA) is 59.0 Å². The van der Waals surface area contributed by atoms with E-state index in [2.05, 4.69) is 11.8 Å². The zero-order chi connectivity index (χ0) is 19.7. The SMILES string of the molecule is COC[C@H](c1ccccc1)N(O)[C@@H](C#CC(=O)OC(C)(C)C)CC(C)C. The number of carbonyl (C=O) groups excluding carboxylic acids is 1. The molecule has 0 aromatic heterocycles. The first-order chi connectivity index (χ1) is 12.1. The average molecular weight is 361 g/mol. The van der Waals surface area contributed by atoms with Crippen molar-refractivity contribution in [3.63, 3.8) is 0 Å². The van der Waals surface area contributed by atoms with Gasteiger partial charge in [0.05, 0.1) is 18.7 Å². The van der Waals surface area contributed by atoms with Gasteiger partial charge in [0.15, 0.2) is 0 Å². The van der Waals surface area contributed by atoms with Crippen molar-refractivity contribution >= 4 is 5.97 Å². The van der Waals surface area contributed by atoms with Crippen LogP contribution in [0.3, 0.4) is 0 Å². The van der Waals surface area contributed by atoms with Crippen LogP contribution in [0.5, 0.6) is 0 Å². The van der Waals surface area contributed by atoms with Gasteiger partial charge in [0.25, 0.3) is 0 Å². The fraction of sp³-hybridized carbons (Fsp3) is 0.571. The van der Waals surface area contributed by atoms with Gasteiger partial charge in [-0.25, -0.2) is 4.79 Å². The van der Waals surface area contributed by atoms with Gasteiger partial charge in [-0.1, -0.05) is 50.1 Å². The van der Waals surface area contributed by atoms with Gasteiger partial charge in [-0.3, -0.25) is 0 Å². The van der Waals surface area contributed by atoms with E-state index in [-0.39, 0.29) is 6.04 Å². The monoisotopic (exact) mass is 361 g/mol. The lowest BCUT2D eigenvalue weighted by atomic mass is 10.0. The van der Waals surface area contributed by atoms with E-state index in [1.807, 2.05) is 44.2 Å². The van der Waals surface area contributed by atoms with Gasteiger partial charge in [-0.2, -0.15) is 5.06 Å². The fourth-order valence-electron chi connectivity index (χ4n) is 2.50. The number of carbonyl (C=O) groups is 1. The Morgan fingerprint density at radius 1 is 1.23 bits per heavy atom. The molecule has 0 fully saturated rings. The van der Waals surface area contributed by atoms with Crippen LogP contribution < -0.4 is 0 Å². The molecule has 0 heterocycles. The van der Waals surface area contributed by atoms with Crippen LogP contribution in [0.1, 0.15) is 52.6 Å². The first-order valence-corrected chi connectivity index (χ1v) is 8.89. The van der Waals surface area contributed by atoms with Gasteiger partial charge in [-0.15, -0.1) is 0 Å². The molecule has 0 saturated heterocycles. The standard InChI is InChI=1S/C21H31NO4/c1-16(2)14-18(12-13-20(23)26-21(3,4)5)22(24)19(15-25-6)17-10-8-7-9-11-17/h7-11,16,18-19,24H,14-15H2,1-6H3/t18-,19+/m0/s1. The lowest BCUT2D eigenvalue weighted by Gasteiger charge is -2.31. The molecule has 0 radical (unpaired) electrons. The van der Waals surface area contributed by atoms with Gasteiger partial charge in [0.1, 0.15) is 5.60 Å². The summed E-state index contributed by atoms with van der Waals surface area (Å²) in [6, 6.07) is 8.72.